The Kier molecular flexibility index (Phi) is 2.97. The van der Waals surface area contributed by atoms with Gasteiger partial charge >= 0.3 is 0 Å². The summed E-state index contributed by atoms with van der Waals surface area (Å²) in [7, 11) is 0. The molecule has 2 aromatic heterocycles. The van der Waals surface area contributed by atoms with Gasteiger partial charge < -0.3 is 9.97 Å². The number of hydrogen-bond acceptors (Lipinski definition) is 0. The molecular weight excluding hydrogens is 280 g/mol. The van der Waals surface area contributed by atoms with E-state index in [0.717, 1.165) is 0 Å². The zero-order valence-corrected chi connectivity index (χ0v) is 13.4. The summed E-state index contributed by atoms with van der Waals surface area (Å²) in [5.41, 5.74) is 10.7. The van der Waals surface area contributed by atoms with Crippen molar-refractivity contribution >= 4 is 0 Å². The summed E-state index contributed by atoms with van der Waals surface area (Å²) in [4.78, 5) is 6.97. The zero-order valence-electron chi connectivity index (χ0n) is 13.4. The molecule has 0 radical (unpaired) electrons. The van der Waals surface area contributed by atoms with E-state index in [0.29, 0.717) is 5.92 Å². The minimum Gasteiger partial charge on any atom is -0.364 e. The molecule has 116 valence electrons. The van der Waals surface area contributed by atoms with Crippen LogP contribution in [0.2, 0.25) is 0 Å². The normalized spacial score (nSPS) is 16.0. The van der Waals surface area contributed by atoms with Gasteiger partial charge in [0, 0.05) is 23.8 Å². The van der Waals surface area contributed by atoms with Gasteiger partial charge in [-0.25, -0.2) is 0 Å². The fourth-order valence-electron chi connectivity index (χ4n) is 4.74. The van der Waals surface area contributed by atoms with E-state index < -0.39 is 0 Å². The van der Waals surface area contributed by atoms with Crippen LogP contribution in [0.25, 0.3) is 0 Å². The van der Waals surface area contributed by atoms with Crippen molar-refractivity contribution in [3.05, 3.63) is 81.9 Å². The molecule has 0 atom stereocenters. The molecule has 1 aromatic carbocycles. The van der Waals surface area contributed by atoms with Crippen molar-refractivity contribution in [3.63, 3.8) is 0 Å². The van der Waals surface area contributed by atoms with Gasteiger partial charge in [0.05, 0.1) is 5.92 Å². The molecule has 2 nitrogen and oxygen atoms in total. The monoisotopic (exact) mass is 302 g/mol. The minimum absolute atomic E-state index is 0.319. The van der Waals surface area contributed by atoms with Crippen molar-refractivity contribution in [2.75, 3.05) is 0 Å². The smallest absolute Gasteiger partial charge is 0.0646 e. The standard InChI is InChI=1S/C21H22N2/c1-5-14-13-15-6-2-8-17(15)20(16(14)7-1)21(18-9-3-11-22-18)19-10-4-12-23-19/h3-4,9-13,21-23H,1-2,5-8H2. The van der Waals surface area contributed by atoms with Gasteiger partial charge in [-0.2, -0.15) is 0 Å². The molecule has 0 fully saturated rings. The average Bonchev–Trinajstić information content (AvgIpc) is 3.35. The van der Waals surface area contributed by atoms with Crippen LogP contribution in [-0.4, -0.2) is 9.97 Å². The van der Waals surface area contributed by atoms with Gasteiger partial charge in [0.2, 0.25) is 0 Å². The van der Waals surface area contributed by atoms with Crippen LogP contribution in [0.4, 0.5) is 0 Å². The van der Waals surface area contributed by atoms with Gasteiger partial charge in [-0.1, -0.05) is 6.07 Å². The second-order valence-electron chi connectivity index (χ2n) is 6.96. The van der Waals surface area contributed by atoms with Crippen molar-refractivity contribution in [2.45, 2.75) is 44.4 Å². The molecule has 2 aliphatic carbocycles. The van der Waals surface area contributed by atoms with Crippen LogP contribution in [0.3, 0.4) is 0 Å². The highest BCUT2D eigenvalue weighted by atomic mass is 14.7. The largest absolute Gasteiger partial charge is 0.364 e. The lowest BCUT2D eigenvalue weighted by atomic mass is 9.82. The molecule has 0 bridgehead atoms. The first-order valence-electron chi connectivity index (χ1n) is 8.85. The molecule has 2 heterocycles. The number of rotatable bonds is 3. The first-order chi connectivity index (χ1) is 11.4. The van der Waals surface area contributed by atoms with E-state index in [1.54, 1.807) is 27.8 Å². The number of aromatic nitrogens is 2. The molecule has 2 aliphatic rings. The second kappa shape index (κ2) is 5.16. The average molecular weight is 302 g/mol. The van der Waals surface area contributed by atoms with Crippen LogP contribution in [0.15, 0.2) is 42.7 Å². The predicted octanol–water partition coefficient (Wildman–Crippen LogP) is 4.50. The van der Waals surface area contributed by atoms with Crippen molar-refractivity contribution in [1.82, 2.24) is 9.97 Å². The molecule has 0 unspecified atom stereocenters. The molecule has 3 aromatic rings. The van der Waals surface area contributed by atoms with Crippen molar-refractivity contribution < 1.29 is 0 Å². The summed E-state index contributed by atoms with van der Waals surface area (Å²) >= 11 is 0. The van der Waals surface area contributed by atoms with Crippen LogP contribution >= 0.6 is 0 Å². The summed E-state index contributed by atoms with van der Waals surface area (Å²) in [6, 6.07) is 11.2. The van der Waals surface area contributed by atoms with Crippen molar-refractivity contribution in [2.24, 2.45) is 0 Å². The Hall–Kier alpha value is -2.22. The van der Waals surface area contributed by atoms with E-state index in [2.05, 4.69) is 52.7 Å². The quantitative estimate of drug-likeness (QED) is 0.714. The highest BCUT2D eigenvalue weighted by Crippen LogP contribution is 2.42. The van der Waals surface area contributed by atoms with E-state index in [1.165, 1.54) is 49.9 Å². The molecule has 0 saturated heterocycles. The summed E-state index contributed by atoms with van der Waals surface area (Å²) in [5, 5.41) is 0. The van der Waals surface area contributed by atoms with E-state index >= 15 is 0 Å². The SMILES string of the molecule is c1c[nH]c(C(c2ccc[nH]2)c2c3c(cc4c2CCC4)CCC3)c1. The molecule has 0 saturated carbocycles. The Morgan fingerprint density at radius 3 is 1.78 bits per heavy atom. The number of H-pyrrole nitrogens is 2. The molecule has 2 heteroatoms. The first-order valence-corrected chi connectivity index (χ1v) is 8.85. The summed E-state index contributed by atoms with van der Waals surface area (Å²) < 4.78 is 0. The zero-order chi connectivity index (χ0) is 15.2. The minimum atomic E-state index is 0.319. The number of aromatic amines is 2. The molecule has 0 spiro atoms. The first kappa shape index (κ1) is 13.2. The van der Waals surface area contributed by atoms with E-state index in [-0.39, 0.29) is 0 Å². The van der Waals surface area contributed by atoms with E-state index in [9.17, 15) is 0 Å². The molecule has 5 rings (SSSR count). The lowest BCUT2D eigenvalue weighted by Gasteiger charge is -2.23. The summed E-state index contributed by atoms with van der Waals surface area (Å²) in [6.07, 6.45) is 11.7. The second-order valence-corrected chi connectivity index (χ2v) is 6.96. The number of benzene rings is 1. The number of fused-ring (bicyclic) bond motifs is 2. The van der Waals surface area contributed by atoms with Crippen molar-refractivity contribution in [3.8, 4) is 0 Å². The van der Waals surface area contributed by atoms with Crippen LogP contribution in [0.5, 0.6) is 0 Å². The fraction of sp³-hybridized carbons (Fsp3) is 0.333. The predicted molar refractivity (Wildman–Crippen MR) is 93.0 cm³/mol. The van der Waals surface area contributed by atoms with Gasteiger partial charge in [0.25, 0.3) is 0 Å². The lowest BCUT2D eigenvalue weighted by Crippen LogP contribution is -2.11. The molecule has 2 N–H and O–H groups in total. The summed E-state index contributed by atoms with van der Waals surface area (Å²) in [6.45, 7) is 0. The van der Waals surface area contributed by atoms with Gasteiger partial charge in [-0.15, -0.1) is 0 Å². The van der Waals surface area contributed by atoms with Gasteiger partial charge in [0.1, 0.15) is 0 Å². The van der Waals surface area contributed by atoms with Gasteiger partial charge in [-0.3, -0.25) is 0 Å². The highest BCUT2D eigenvalue weighted by Gasteiger charge is 2.30. The van der Waals surface area contributed by atoms with Crippen molar-refractivity contribution in [1.29, 1.82) is 0 Å². The maximum Gasteiger partial charge on any atom is 0.0646 e. The summed E-state index contributed by atoms with van der Waals surface area (Å²) in [5.74, 6) is 0.319. The number of hydrogen-bond donors (Lipinski definition) is 2. The van der Waals surface area contributed by atoms with Gasteiger partial charge in [-0.05, 0) is 90.6 Å². The third-order valence-corrected chi connectivity index (χ3v) is 5.67. The third kappa shape index (κ3) is 2.01. The topological polar surface area (TPSA) is 31.6 Å². The van der Waals surface area contributed by atoms with Crippen LogP contribution < -0.4 is 0 Å². The fourth-order valence-corrected chi connectivity index (χ4v) is 4.74. The lowest BCUT2D eigenvalue weighted by molar-refractivity contribution is 0.841. The Labute approximate surface area is 137 Å². The number of aryl methyl sites for hydroxylation is 2. The molecule has 0 aliphatic heterocycles. The molecule has 0 amide bonds. The third-order valence-electron chi connectivity index (χ3n) is 5.67. The van der Waals surface area contributed by atoms with Crippen LogP contribution in [0, 0.1) is 0 Å². The molecule has 23 heavy (non-hydrogen) atoms. The van der Waals surface area contributed by atoms with E-state index in [1.807, 2.05) is 0 Å². The Bertz CT molecular complexity index is 759. The number of nitrogens with one attached hydrogen (secondary N) is 2. The Morgan fingerprint density at radius 2 is 1.30 bits per heavy atom. The maximum absolute atomic E-state index is 3.49. The van der Waals surface area contributed by atoms with E-state index in [4.69, 9.17) is 0 Å². The van der Waals surface area contributed by atoms with Crippen LogP contribution in [0.1, 0.15) is 58.0 Å². The Balaban J connectivity index is 1.79. The highest BCUT2D eigenvalue weighted by molar-refractivity contribution is 5.56. The Morgan fingerprint density at radius 1 is 0.739 bits per heavy atom. The van der Waals surface area contributed by atoms with Gasteiger partial charge in [0.15, 0.2) is 0 Å². The molecular formula is C21H22N2. The van der Waals surface area contributed by atoms with Crippen LogP contribution in [-0.2, 0) is 25.7 Å². The maximum atomic E-state index is 3.49.